The van der Waals surface area contributed by atoms with Gasteiger partial charge in [0.1, 0.15) is 5.82 Å². The van der Waals surface area contributed by atoms with Crippen molar-refractivity contribution < 1.29 is 27.9 Å². The van der Waals surface area contributed by atoms with E-state index >= 15 is 0 Å². The van der Waals surface area contributed by atoms with Crippen molar-refractivity contribution in [2.75, 3.05) is 5.32 Å². The third kappa shape index (κ3) is 3.74. The van der Waals surface area contributed by atoms with Gasteiger partial charge in [-0.05, 0) is 31.0 Å². The van der Waals surface area contributed by atoms with Crippen LogP contribution in [0.5, 0.6) is 0 Å². The molecule has 1 fully saturated rings. The molecule has 0 atom stereocenters. The Morgan fingerprint density at radius 1 is 1.24 bits per heavy atom. The lowest BCUT2D eigenvalue weighted by Crippen LogP contribution is -2.32. The summed E-state index contributed by atoms with van der Waals surface area (Å²) in [5.41, 5.74) is -0.417. The zero-order chi connectivity index (χ0) is 15.6. The number of halogens is 3. The summed E-state index contributed by atoms with van der Waals surface area (Å²) in [6.07, 6.45) is -0.691. The Hall–Kier alpha value is -2.05. The highest BCUT2D eigenvalue weighted by Crippen LogP contribution is 2.36. The smallest absolute Gasteiger partial charge is 0.335 e. The Balaban J connectivity index is 2.06. The number of hydrogen-bond donors (Lipinski definition) is 2. The van der Waals surface area contributed by atoms with E-state index in [4.69, 9.17) is 5.11 Å². The minimum Gasteiger partial charge on any atom is -0.478 e. The average molecular weight is 301 g/mol. The number of alkyl halides is 2. The zero-order valence-corrected chi connectivity index (χ0v) is 11.0. The number of carboxylic acids is 1. The van der Waals surface area contributed by atoms with E-state index in [1.807, 2.05) is 0 Å². The van der Waals surface area contributed by atoms with Crippen LogP contribution in [-0.2, 0) is 4.79 Å². The Labute approximate surface area is 119 Å². The maximum absolute atomic E-state index is 13.6. The molecule has 1 aliphatic rings. The van der Waals surface area contributed by atoms with Gasteiger partial charge < -0.3 is 10.4 Å². The second kappa shape index (κ2) is 5.75. The number of nitrogens with one attached hydrogen (secondary N) is 1. The van der Waals surface area contributed by atoms with Gasteiger partial charge in [0.05, 0.1) is 11.3 Å². The van der Waals surface area contributed by atoms with Crippen molar-refractivity contribution >= 4 is 17.6 Å². The molecule has 2 rings (SSSR count). The number of carbonyl (C=O) groups is 2. The summed E-state index contributed by atoms with van der Waals surface area (Å²) in [5, 5.41) is 11.1. The van der Waals surface area contributed by atoms with Gasteiger partial charge in [0, 0.05) is 18.8 Å². The van der Waals surface area contributed by atoms with E-state index in [2.05, 4.69) is 5.32 Å². The summed E-state index contributed by atoms with van der Waals surface area (Å²) in [6.45, 7) is 0. The summed E-state index contributed by atoms with van der Waals surface area (Å²) in [4.78, 5) is 22.7. The minimum atomic E-state index is -2.74. The van der Waals surface area contributed by atoms with Gasteiger partial charge in [-0.25, -0.2) is 18.0 Å². The van der Waals surface area contributed by atoms with Crippen molar-refractivity contribution in [3.63, 3.8) is 0 Å². The van der Waals surface area contributed by atoms with Crippen LogP contribution < -0.4 is 5.32 Å². The monoisotopic (exact) mass is 301 g/mol. The lowest BCUT2D eigenvalue weighted by atomic mass is 9.86. The Morgan fingerprint density at radius 2 is 1.86 bits per heavy atom. The number of amides is 1. The number of hydrogen-bond acceptors (Lipinski definition) is 2. The van der Waals surface area contributed by atoms with Crippen molar-refractivity contribution in [1.29, 1.82) is 0 Å². The average Bonchev–Trinajstić information content (AvgIpc) is 2.40. The first kappa shape index (κ1) is 15.3. The summed E-state index contributed by atoms with van der Waals surface area (Å²) in [7, 11) is 0. The molecule has 0 saturated heterocycles. The Morgan fingerprint density at radius 3 is 2.43 bits per heavy atom. The van der Waals surface area contributed by atoms with Gasteiger partial charge in [-0.1, -0.05) is 0 Å². The zero-order valence-electron chi connectivity index (χ0n) is 11.0. The van der Waals surface area contributed by atoms with Crippen LogP contribution in [0.2, 0.25) is 0 Å². The third-order valence-corrected chi connectivity index (χ3v) is 3.56. The number of aromatic carboxylic acids is 1. The fraction of sp³-hybridized carbons (Fsp3) is 0.429. The topological polar surface area (TPSA) is 66.4 Å². The summed E-state index contributed by atoms with van der Waals surface area (Å²) < 4.78 is 39.6. The Kier molecular flexibility index (Phi) is 4.20. The maximum atomic E-state index is 13.6. The molecule has 21 heavy (non-hydrogen) atoms. The predicted octanol–water partition coefficient (Wildman–Crippen LogP) is 3.29. The largest absolute Gasteiger partial charge is 0.478 e. The highest BCUT2D eigenvalue weighted by molar-refractivity contribution is 5.95. The molecule has 2 N–H and O–H groups in total. The molecule has 1 amide bonds. The molecule has 0 aromatic heterocycles. The first-order valence-corrected chi connectivity index (χ1v) is 6.50. The van der Waals surface area contributed by atoms with E-state index in [0.29, 0.717) is 0 Å². The van der Waals surface area contributed by atoms with E-state index in [-0.39, 0.29) is 36.9 Å². The highest BCUT2D eigenvalue weighted by atomic mass is 19.3. The van der Waals surface area contributed by atoms with Crippen LogP contribution in [0.15, 0.2) is 18.2 Å². The third-order valence-electron chi connectivity index (χ3n) is 3.56. The number of carbonyl (C=O) groups excluding carboxylic acids is 1. The van der Waals surface area contributed by atoms with Gasteiger partial charge >= 0.3 is 5.97 Å². The summed E-state index contributed by atoms with van der Waals surface area (Å²) in [6, 6.07) is 3.02. The molecule has 0 aliphatic heterocycles. The molecule has 1 saturated carbocycles. The molecule has 1 aromatic rings. The molecular weight excluding hydrogens is 287 g/mol. The van der Waals surface area contributed by atoms with E-state index in [9.17, 15) is 22.8 Å². The fourth-order valence-electron chi connectivity index (χ4n) is 2.29. The predicted molar refractivity (Wildman–Crippen MR) is 68.9 cm³/mol. The lowest BCUT2D eigenvalue weighted by Gasteiger charge is -2.27. The second-order valence-corrected chi connectivity index (χ2v) is 5.12. The number of anilines is 1. The fourth-order valence-corrected chi connectivity index (χ4v) is 2.29. The molecule has 0 spiro atoms. The van der Waals surface area contributed by atoms with Crippen LogP contribution in [0.3, 0.4) is 0 Å². The van der Waals surface area contributed by atoms with Crippen LogP contribution in [0.4, 0.5) is 18.9 Å². The van der Waals surface area contributed by atoms with E-state index in [1.165, 1.54) is 0 Å². The molecule has 1 aliphatic carbocycles. The summed E-state index contributed by atoms with van der Waals surface area (Å²) in [5.74, 6) is -5.94. The molecule has 0 unspecified atom stereocenters. The highest BCUT2D eigenvalue weighted by Gasteiger charge is 2.37. The normalized spacial score (nSPS) is 18.2. The van der Waals surface area contributed by atoms with E-state index < -0.39 is 29.5 Å². The van der Waals surface area contributed by atoms with Gasteiger partial charge in [0.15, 0.2) is 0 Å². The molecule has 1 aromatic carbocycles. The first-order valence-electron chi connectivity index (χ1n) is 6.50. The van der Waals surface area contributed by atoms with Crippen LogP contribution in [0.1, 0.15) is 36.0 Å². The minimum absolute atomic E-state index is 0.0269. The SMILES string of the molecule is O=C(O)c1ccc(F)c(NC(=O)C2CCC(F)(F)CC2)c1. The molecular formula is C14H14F3NO3. The van der Waals surface area contributed by atoms with Gasteiger partial charge in [0.2, 0.25) is 11.8 Å². The van der Waals surface area contributed by atoms with Gasteiger partial charge in [-0.2, -0.15) is 0 Å². The molecule has 114 valence electrons. The maximum Gasteiger partial charge on any atom is 0.335 e. The molecule has 0 bridgehead atoms. The quantitative estimate of drug-likeness (QED) is 0.900. The lowest BCUT2D eigenvalue weighted by molar-refractivity contribution is -0.124. The second-order valence-electron chi connectivity index (χ2n) is 5.12. The van der Waals surface area contributed by atoms with Crippen LogP contribution in [0, 0.1) is 11.7 Å². The van der Waals surface area contributed by atoms with Gasteiger partial charge in [-0.3, -0.25) is 4.79 Å². The number of rotatable bonds is 3. The molecule has 0 heterocycles. The standard InChI is InChI=1S/C14H14F3NO3/c15-10-2-1-9(13(20)21)7-11(10)18-12(19)8-3-5-14(16,17)6-4-8/h1-2,7-8H,3-6H2,(H,18,19)(H,20,21). The van der Waals surface area contributed by atoms with Gasteiger partial charge in [-0.15, -0.1) is 0 Å². The van der Waals surface area contributed by atoms with Crippen molar-refractivity contribution in [3.05, 3.63) is 29.6 Å². The van der Waals surface area contributed by atoms with Crippen molar-refractivity contribution in [2.45, 2.75) is 31.6 Å². The molecule has 4 nitrogen and oxygen atoms in total. The van der Waals surface area contributed by atoms with Crippen molar-refractivity contribution in [2.24, 2.45) is 5.92 Å². The van der Waals surface area contributed by atoms with Crippen LogP contribution in [-0.4, -0.2) is 22.9 Å². The summed E-state index contributed by atoms with van der Waals surface area (Å²) >= 11 is 0. The first-order chi connectivity index (χ1) is 9.78. The molecule has 7 heteroatoms. The van der Waals surface area contributed by atoms with Crippen LogP contribution in [0.25, 0.3) is 0 Å². The van der Waals surface area contributed by atoms with Crippen LogP contribution >= 0.6 is 0 Å². The van der Waals surface area contributed by atoms with Crippen molar-refractivity contribution in [3.8, 4) is 0 Å². The number of carboxylic acid groups (broad SMARTS) is 1. The number of benzene rings is 1. The van der Waals surface area contributed by atoms with Crippen molar-refractivity contribution in [1.82, 2.24) is 0 Å². The van der Waals surface area contributed by atoms with E-state index in [0.717, 1.165) is 18.2 Å². The van der Waals surface area contributed by atoms with Gasteiger partial charge in [0.25, 0.3) is 0 Å². The van der Waals surface area contributed by atoms with E-state index in [1.54, 1.807) is 0 Å². The molecule has 0 radical (unpaired) electrons. The Bertz CT molecular complexity index is 565.